The minimum absolute atomic E-state index is 0.271. The molecule has 0 fully saturated rings. The third kappa shape index (κ3) is 3.32. The average Bonchev–Trinajstić information content (AvgIpc) is 3.00. The number of aryl methyl sites for hydroxylation is 2. The van der Waals surface area contributed by atoms with Gasteiger partial charge < -0.3 is 0 Å². The highest BCUT2D eigenvalue weighted by Gasteiger charge is 2.20. The van der Waals surface area contributed by atoms with E-state index in [-0.39, 0.29) is 5.92 Å². The predicted octanol–water partition coefficient (Wildman–Crippen LogP) is 5.78. The van der Waals surface area contributed by atoms with Crippen LogP contribution in [-0.4, -0.2) is 21.1 Å². The smallest absolute Gasteiger partial charge is 0.178 e. The number of azide groups is 1. The van der Waals surface area contributed by atoms with E-state index >= 15 is 0 Å². The number of rotatable bonds is 5. The molecule has 7 heteroatoms. The van der Waals surface area contributed by atoms with Crippen molar-refractivity contribution in [1.82, 2.24) is 14.5 Å². The Labute approximate surface area is 161 Å². The zero-order chi connectivity index (χ0) is 18.8. The van der Waals surface area contributed by atoms with E-state index in [1.54, 1.807) is 0 Å². The van der Waals surface area contributed by atoms with Crippen LogP contribution in [0, 0.1) is 13.8 Å². The number of halogens is 1. The van der Waals surface area contributed by atoms with E-state index in [4.69, 9.17) is 10.5 Å². The van der Waals surface area contributed by atoms with Gasteiger partial charge in [0.2, 0.25) is 0 Å². The third-order valence-electron chi connectivity index (χ3n) is 4.44. The van der Waals surface area contributed by atoms with Gasteiger partial charge in [0.25, 0.3) is 0 Å². The number of benzene rings is 1. The number of nitrogens with zero attached hydrogens (tertiary/aromatic N) is 6. The van der Waals surface area contributed by atoms with E-state index < -0.39 is 0 Å². The van der Waals surface area contributed by atoms with Crippen LogP contribution in [0.2, 0.25) is 0 Å². The van der Waals surface area contributed by atoms with Gasteiger partial charge in [-0.25, -0.2) is 9.97 Å². The topological polar surface area (TPSA) is 79.5 Å². The predicted molar refractivity (Wildman–Crippen MR) is 108 cm³/mol. The summed E-state index contributed by atoms with van der Waals surface area (Å²) in [5, 5.41) is 3.60. The molecule has 0 spiro atoms. The highest BCUT2D eigenvalue weighted by atomic mass is 79.9. The van der Waals surface area contributed by atoms with Gasteiger partial charge in [-0.05, 0) is 65.0 Å². The summed E-state index contributed by atoms with van der Waals surface area (Å²) in [6.45, 7) is 8.84. The zero-order valence-electron chi connectivity index (χ0n) is 15.4. The Morgan fingerprint density at radius 1 is 1.19 bits per heavy atom. The number of fused-ring (bicyclic) bond motifs is 1. The maximum atomic E-state index is 8.40. The van der Waals surface area contributed by atoms with Gasteiger partial charge in [0.05, 0.1) is 11.2 Å². The molecule has 1 aromatic carbocycles. The molecular weight excluding hydrogens is 392 g/mol. The lowest BCUT2D eigenvalue weighted by molar-refractivity contribution is 0.758. The first-order chi connectivity index (χ1) is 12.4. The number of pyridine rings is 1. The van der Waals surface area contributed by atoms with Crippen LogP contribution in [0.1, 0.15) is 42.4 Å². The molecule has 6 nitrogen and oxygen atoms in total. The van der Waals surface area contributed by atoms with Gasteiger partial charge in [-0.1, -0.05) is 31.1 Å². The van der Waals surface area contributed by atoms with Gasteiger partial charge in [0.15, 0.2) is 5.65 Å². The van der Waals surface area contributed by atoms with Crippen molar-refractivity contribution in [2.45, 2.75) is 40.0 Å². The largest absolute Gasteiger partial charge is 0.294 e. The molecule has 2 heterocycles. The Balaban J connectivity index is 2.15. The number of aromatic nitrogens is 3. The van der Waals surface area contributed by atoms with Crippen LogP contribution < -0.4 is 0 Å². The lowest BCUT2D eigenvalue weighted by atomic mass is 10.1. The standard InChI is InChI=1S/C19H21BrN6/c1-11(2)19-24-18-17(12(3)16(20)13(4)23-18)26(19)15-7-5-14(6-8-15)9-10-22-25-21/h5-8,11H,9-10H2,1-4H3. The third-order valence-corrected chi connectivity index (χ3v) is 5.60. The van der Waals surface area contributed by atoms with E-state index in [1.807, 2.05) is 6.92 Å². The molecular formula is C19H21BrN6. The quantitative estimate of drug-likeness (QED) is 0.302. The molecule has 0 saturated heterocycles. The Morgan fingerprint density at radius 2 is 1.88 bits per heavy atom. The molecule has 134 valence electrons. The van der Waals surface area contributed by atoms with Crippen molar-refractivity contribution in [2.24, 2.45) is 5.11 Å². The van der Waals surface area contributed by atoms with Crippen molar-refractivity contribution >= 4 is 27.1 Å². The highest BCUT2D eigenvalue weighted by Crippen LogP contribution is 2.32. The van der Waals surface area contributed by atoms with E-state index in [0.717, 1.165) is 50.4 Å². The monoisotopic (exact) mass is 412 g/mol. The Bertz CT molecular complexity index is 997. The Kier molecular flexibility index (Phi) is 5.30. The van der Waals surface area contributed by atoms with E-state index in [1.165, 1.54) is 0 Å². The maximum absolute atomic E-state index is 8.40. The summed E-state index contributed by atoms with van der Waals surface area (Å²) in [5.41, 5.74) is 14.5. The minimum Gasteiger partial charge on any atom is -0.294 e. The fraction of sp³-hybridized carbons (Fsp3) is 0.368. The van der Waals surface area contributed by atoms with Gasteiger partial charge in [0, 0.05) is 27.5 Å². The summed E-state index contributed by atoms with van der Waals surface area (Å²) < 4.78 is 3.22. The van der Waals surface area contributed by atoms with Crippen molar-refractivity contribution in [1.29, 1.82) is 0 Å². The van der Waals surface area contributed by atoms with Gasteiger partial charge >= 0.3 is 0 Å². The van der Waals surface area contributed by atoms with Crippen molar-refractivity contribution in [3.05, 3.63) is 61.8 Å². The SMILES string of the molecule is Cc1nc2nc(C(C)C)n(-c3ccc(CCN=[N+]=[N-])cc3)c2c(C)c1Br. The van der Waals surface area contributed by atoms with Crippen LogP contribution in [0.4, 0.5) is 0 Å². The normalized spacial score (nSPS) is 11.2. The average molecular weight is 413 g/mol. The van der Waals surface area contributed by atoms with Gasteiger partial charge in [-0.15, -0.1) is 0 Å². The molecule has 0 saturated carbocycles. The second kappa shape index (κ2) is 7.48. The molecule has 2 aromatic heterocycles. The lowest BCUT2D eigenvalue weighted by Gasteiger charge is -2.14. The Morgan fingerprint density at radius 3 is 2.50 bits per heavy atom. The molecule has 0 radical (unpaired) electrons. The molecule has 0 bridgehead atoms. The molecule has 0 aliphatic rings. The van der Waals surface area contributed by atoms with Crippen LogP contribution >= 0.6 is 15.9 Å². The number of hydrogen-bond acceptors (Lipinski definition) is 3. The first-order valence-electron chi connectivity index (χ1n) is 8.59. The van der Waals surface area contributed by atoms with E-state index in [2.05, 4.69) is 80.5 Å². The van der Waals surface area contributed by atoms with Crippen LogP contribution in [0.15, 0.2) is 33.9 Å². The second-order valence-electron chi connectivity index (χ2n) is 6.64. The van der Waals surface area contributed by atoms with Crippen LogP contribution in [0.3, 0.4) is 0 Å². The lowest BCUT2D eigenvalue weighted by Crippen LogP contribution is -2.04. The van der Waals surface area contributed by atoms with Crippen molar-refractivity contribution in [3.63, 3.8) is 0 Å². The van der Waals surface area contributed by atoms with Gasteiger partial charge in [0.1, 0.15) is 5.82 Å². The summed E-state index contributed by atoms with van der Waals surface area (Å²) in [6, 6.07) is 8.32. The second-order valence-corrected chi connectivity index (χ2v) is 7.43. The maximum Gasteiger partial charge on any atom is 0.178 e. The van der Waals surface area contributed by atoms with Crippen molar-refractivity contribution < 1.29 is 0 Å². The number of imidazole rings is 1. The van der Waals surface area contributed by atoms with E-state index in [9.17, 15) is 0 Å². The van der Waals surface area contributed by atoms with Gasteiger partial charge in [-0.3, -0.25) is 4.57 Å². The summed E-state index contributed by atoms with van der Waals surface area (Å²) >= 11 is 3.66. The first-order valence-corrected chi connectivity index (χ1v) is 9.38. The summed E-state index contributed by atoms with van der Waals surface area (Å²) in [6.07, 6.45) is 0.734. The molecule has 0 unspecified atom stereocenters. The zero-order valence-corrected chi connectivity index (χ0v) is 16.9. The van der Waals surface area contributed by atoms with Crippen molar-refractivity contribution in [3.8, 4) is 5.69 Å². The minimum atomic E-state index is 0.271. The van der Waals surface area contributed by atoms with Crippen LogP contribution in [0.5, 0.6) is 0 Å². The summed E-state index contributed by atoms with van der Waals surface area (Å²) in [5.74, 6) is 1.27. The molecule has 0 aliphatic heterocycles. The molecule has 0 aliphatic carbocycles. The fourth-order valence-electron chi connectivity index (χ4n) is 3.11. The fourth-order valence-corrected chi connectivity index (χ4v) is 3.38. The van der Waals surface area contributed by atoms with Crippen LogP contribution in [0.25, 0.3) is 27.3 Å². The summed E-state index contributed by atoms with van der Waals surface area (Å²) in [7, 11) is 0. The summed E-state index contributed by atoms with van der Waals surface area (Å²) in [4.78, 5) is 12.3. The van der Waals surface area contributed by atoms with Gasteiger partial charge in [-0.2, -0.15) is 0 Å². The highest BCUT2D eigenvalue weighted by molar-refractivity contribution is 9.10. The van der Waals surface area contributed by atoms with E-state index in [0.29, 0.717) is 6.54 Å². The molecule has 0 N–H and O–H groups in total. The number of hydrogen-bond donors (Lipinski definition) is 0. The molecule has 3 aromatic rings. The first kappa shape index (κ1) is 18.4. The van der Waals surface area contributed by atoms with Crippen molar-refractivity contribution in [2.75, 3.05) is 6.54 Å². The molecule has 0 atom stereocenters. The van der Waals surface area contributed by atoms with Crippen LogP contribution in [-0.2, 0) is 6.42 Å². The molecule has 3 rings (SSSR count). The molecule has 26 heavy (non-hydrogen) atoms. The Hall–Kier alpha value is -2.37. The molecule has 0 amide bonds.